The fourth-order valence-electron chi connectivity index (χ4n) is 1.36. The highest BCUT2D eigenvalue weighted by Crippen LogP contribution is 2.25. The van der Waals surface area contributed by atoms with Gasteiger partial charge in [-0.05, 0) is 25.0 Å². The number of amides is 1. The van der Waals surface area contributed by atoms with Gasteiger partial charge in [-0.2, -0.15) is 0 Å². The van der Waals surface area contributed by atoms with Crippen LogP contribution >= 0.6 is 11.3 Å². The predicted molar refractivity (Wildman–Crippen MR) is 74.5 cm³/mol. The van der Waals surface area contributed by atoms with Gasteiger partial charge in [-0.25, -0.2) is 17.9 Å². The van der Waals surface area contributed by atoms with Crippen molar-refractivity contribution in [2.75, 3.05) is 13.1 Å². The first-order chi connectivity index (χ1) is 9.27. The Hall–Kier alpha value is -1.45. The Morgan fingerprint density at radius 1 is 1.40 bits per heavy atom. The third kappa shape index (κ3) is 4.29. The van der Waals surface area contributed by atoms with E-state index in [0.29, 0.717) is 23.4 Å². The maximum atomic E-state index is 11.9. The second kappa shape index (κ2) is 6.82. The molecule has 0 atom stereocenters. The molecule has 0 saturated heterocycles. The fourth-order valence-corrected chi connectivity index (χ4v) is 3.76. The molecule has 9 heteroatoms. The molecule has 0 spiro atoms. The Morgan fingerprint density at radius 2 is 2.05 bits per heavy atom. The lowest BCUT2D eigenvalue weighted by Crippen LogP contribution is -2.36. The minimum Gasteiger partial charge on any atom is -0.477 e. The lowest BCUT2D eigenvalue weighted by Gasteiger charge is -2.05. The highest BCUT2D eigenvalue weighted by Gasteiger charge is 2.22. The van der Waals surface area contributed by atoms with E-state index in [-0.39, 0.29) is 15.6 Å². The zero-order valence-electron chi connectivity index (χ0n) is 11.1. The van der Waals surface area contributed by atoms with Crippen LogP contribution in [0.3, 0.4) is 0 Å². The molecule has 1 amide bonds. The number of rotatable bonds is 7. The molecule has 0 aliphatic rings. The quantitative estimate of drug-likeness (QED) is 0.679. The topological polar surface area (TPSA) is 113 Å². The molecule has 1 aromatic rings. The third-order valence-electron chi connectivity index (χ3n) is 2.35. The van der Waals surface area contributed by atoms with E-state index in [4.69, 9.17) is 5.11 Å². The van der Waals surface area contributed by atoms with E-state index >= 15 is 0 Å². The number of sulfonamides is 1. The summed E-state index contributed by atoms with van der Waals surface area (Å²) in [5, 5.41) is 11.4. The number of nitrogens with one attached hydrogen (secondary N) is 2. The van der Waals surface area contributed by atoms with Gasteiger partial charge in [-0.1, -0.05) is 6.92 Å². The molecule has 112 valence electrons. The van der Waals surface area contributed by atoms with Crippen molar-refractivity contribution in [1.29, 1.82) is 0 Å². The number of carbonyl (C=O) groups is 2. The zero-order valence-corrected chi connectivity index (χ0v) is 12.7. The molecule has 0 aliphatic carbocycles. The predicted octanol–water partition coefficient (Wildman–Crippen LogP) is 0.559. The van der Waals surface area contributed by atoms with Gasteiger partial charge in [-0.15, -0.1) is 11.3 Å². The Balaban J connectivity index is 2.77. The van der Waals surface area contributed by atoms with Crippen LogP contribution in [0.15, 0.2) is 10.3 Å². The van der Waals surface area contributed by atoms with Crippen LogP contribution < -0.4 is 10.0 Å². The molecule has 1 heterocycles. The Morgan fingerprint density at radius 3 is 2.55 bits per heavy atom. The van der Waals surface area contributed by atoms with Gasteiger partial charge in [0.1, 0.15) is 9.09 Å². The van der Waals surface area contributed by atoms with Crippen LogP contribution in [0, 0.1) is 6.92 Å². The molecule has 3 N–H and O–H groups in total. The van der Waals surface area contributed by atoms with Crippen LogP contribution in [0.25, 0.3) is 0 Å². The van der Waals surface area contributed by atoms with Gasteiger partial charge < -0.3 is 10.4 Å². The van der Waals surface area contributed by atoms with Gasteiger partial charge in [0.05, 0.1) is 6.54 Å². The summed E-state index contributed by atoms with van der Waals surface area (Å²) in [6.45, 7) is 3.50. The largest absolute Gasteiger partial charge is 0.477 e. The summed E-state index contributed by atoms with van der Waals surface area (Å²) in [6, 6.07) is 1.28. The maximum Gasteiger partial charge on any atom is 0.346 e. The van der Waals surface area contributed by atoms with E-state index in [1.165, 1.54) is 13.0 Å². The number of carboxylic acids is 1. The molecule has 0 unspecified atom stereocenters. The monoisotopic (exact) mass is 320 g/mol. The maximum absolute atomic E-state index is 11.9. The van der Waals surface area contributed by atoms with Gasteiger partial charge in [-0.3, -0.25) is 4.79 Å². The van der Waals surface area contributed by atoms with Crippen LogP contribution in [-0.4, -0.2) is 38.5 Å². The Kier molecular flexibility index (Phi) is 5.66. The van der Waals surface area contributed by atoms with E-state index in [2.05, 4.69) is 10.0 Å². The first-order valence-electron chi connectivity index (χ1n) is 5.88. The normalized spacial score (nSPS) is 11.3. The van der Waals surface area contributed by atoms with Crippen LogP contribution in [0.1, 0.15) is 28.6 Å². The minimum atomic E-state index is -3.87. The van der Waals surface area contributed by atoms with E-state index in [1.54, 1.807) is 0 Å². The molecular formula is C11H16N2O5S2. The number of hydrogen-bond donors (Lipinski definition) is 3. The highest BCUT2D eigenvalue weighted by atomic mass is 32.2. The van der Waals surface area contributed by atoms with Crippen LogP contribution in [0.2, 0.25) is 0 Å². The number of carboxylic acid groups (broad SMARTS) is 1. The van der Waals surface area contributed by atoms with Gasteiger partial charge in [0.2, 0.25) is 5.91 Å². The second-order valence-electron chi connectivity index (χ2n) is 4.06. The van der Waals surface area contributed by atoms with Crippen molar-refractivity contribution in [3.8, 4) is 0 Å². The van der Waals surface area contributed by atoms with Crippen LogP contribution in [-0.2, 0) is 14.8 Å². The summed E-state index contributed by atoms with van der Waals surface area (Å²) in [4.78, 5) is 22.2. The number of thiophene rings is 1. The molecule has 1 rings (SSSR count). The SMILES string of the molecule is CCCNC(=O)CNS(=O)(=O)c1cc(C)c(C(=O)O)s1. The molecule has 0 saturated carbocycles. The van der Waals surface area contributed by atoms with E-state index < -0.39 is 21.9 Å². The summed E-state index contributed by atoms with van der Waals surface area (Å²) in [5.74, 6) is -1.60. The summed E-state index contributed by atoms with van der Waals surface area (Å²) >= 11 is 0.662. The van der Waals surface area contributed by atoms with Crippen molar-refractivity contribution < 1.29 is 23.1 Å². The average Bonchev–Trinajstić information content (AvgIpc) is 2.77. The molecule has 20 heavy (non-hydrogen) atoms. The van der Waals surface area contributed by atoms with Gasteiger partial charge in [0, 0.05) is 6.54 Å². The van der Waals surface area contributed by atoms with Gasteiger partial charge >= 0.3 is 5.97 Å². The number of aryl methyl sites for hydroxylation is 1. The second-order valence-corrected chi connectivity index (χ2v) is 7.10. The van der Waals surface area contributed by atoms with Crippen LogP contribution in [0.4, 0.5) is 0 Å². The number of aromatic carboxylic acids is 1. The lowest BCUT2D eigenvalue weighted by molar-refractivity contribution is -0.119. The van der Waals surface area contributed by atoms with E-state index in [1.807, 2.05) is 6.92 Å². The van der Waals surface area contributed by atoms with Crippen LogP contribution in [0.5, 0.6) is 0 Å². The molecule has 0 bridgehead atoms. The van der Waals surface area contributed by atoms with Gasteiger partial charge in [0.25, 0.3) is 10.0 Å². The molecule has 0 aliphatic heterocycles. The summed E-state index contributed by atoms with van der Waals surface area (Å²) in [7, 11) is -3.87. The van der Waals surface area contributed by atoms with E-state index in [9.17, 15) is 18.0 Å². The molecule has 0 radical (unpaired) electrons. The standard InChI is InChI=1S/C11H16N2O5S2/c1-3-4-12-8(14)6-13-20(17,18)9-5-7(2)10(19-9)11(15)16/h5,13H,3-4,6H2,1-2H3,(H,12,14)(H,15,16). The van der Waals surface area contributed by atoms with Crippen molar-refractivity contribution >= 4 is 33.2 Å². The van der Waals surface area contributed by atoms with Crippen molar-refractivity contribution in [3.05, 3.63) is 16.5 Å². The van der Waals surface area contributed by atoms with Gasteiger partial charge in [0.15, 0.2) is 0 Å². The smallest absolute Gasteiger partial charge is 0.346 e. The minimum absolute atomic E-state index is 0.0270. The first kappa shape index (κ1) is 16.6. The first-order valence-corrected chi connectivity index (χ1v) is 8.18. The zero-order chi connectivity index (χ0) is 15.3. The van der Waals surface area contributed by atoms with Crippen molar-refractivity contribution in [2.24, 2.45) is 0 Å². The third-order valence-corrected chi connectivity index (χ3v) is 5.45. The molecule has 7 nitrogen and oxygen atoms in total. The summed E-state index contributed by atoms with van der Waals surface area (Å²) < 4.78 is 25.9. The average molecular weight is 320 g/mol. The molecule has 0 fully saturated rings. The van der Waals surface area contributed by atoms with Crippen molar-refractivity contribution in [2.45, 2.75) is 24.5 Å². The van der Waals surface area contributed by atoms with Crippen molar-refractivity contribution in [1.82, 2.24) is 10.0 Å². The van der Waals surface area contributed by atoms with Crippen molar-refractivity contribution in [3.63, 3.8) is 0 Å². The summed E-state index contributed by atoms with van der Waals surface area (Å²) in [5.41, 5.74) is 0.373. The Bertz CT molecular complexity index is 606. The molecule has 1 aromatic heterocycles. The molecular weight excluding hydrogens is 304 g/mol. The Labute approximate surface area is 121 Å². The lowest BCUT2D eigenvalue weighted by atomic mass is 10.3. The van der Waals surface area contributed by atoms with E-state index in [0.717, 1.165) is 6.42 Å². The molecule has 0 aromatic carbocycles. The number of hydrogen-bond acceptors (Lipinski definition) is 5. The highest BCUT2D eigenvalue weighted by molar-refractivity contribution is 7.91. The number of carbonyl (C=O) groups excluding carboxylic acids is 1. The summed E-state index contributed by atoms with van der Waals surface area (Å²) in [6.07, 6.45) is 0.755. The fraction of sp³-hybridized carbons (Fsp3) is 0.455.